The molecule has 0 unspecified atom stereocenters. The van der Waals surface area contributed by atoms with Gasteiger partial charge in [-0.1, -0.05) is 5.16 Å². The van der Waals surface area contributed by atoms with Crippen LogP contribution < -0.4 is 27.1 Å². The maximum atomic E-state index is 13.2. The van der Waals surface area contributed by atoms with Crippen LogP contribution in [0.5, 0.6) is 0 Å². The Kier molecular flexibility index (Phi) is 6.02. The van der Waals surface area contributed by atoms with E-state index >= 15 is 0 Å². The quantitative estimate of drug-likeness (QED) is 0.352. The van der Waals surface area contributed by atoms with Crippen molar-refractivity contribution in [3.8, 4) is 5.69 Å². The van der Waals surface area contributed by atoms with Gasteiger partial charge in [0.25, 0.3) is 17.0 Å². The SMILES string of the molecule is CNc1cc(Nc2cccn(-c3ccn(C)c(=O)c3)c2=O)nc2c(C(=O)N[C@@H]3CC[C@H]3OC)onc12. The van der Waals surface area contributed by atoms with Crippen molar-refractivity contribution in [2.24, 2.45) is 7.05 Å². The molecule has 36 heavy (non-hydrogen) atoms. The molecule has 0 saturated heterocycles. The van der Waals surface area contributed by atoms with Crippen molar-refractivity contribution in [1.29, 1.82) is 0 Å². The Morgan fingerprint density at radius 2 is 1.97 bits per heavy atom. The molecule has 0 aromatic carbocycles. The van der Waals surface area contributed by atoms with Crippen molar-refractivity contribution >= 4 is 34.1 Å². The number of rotatable bonds is 7. The molecule has 5 rings (SSSR count). The van der Waals surface area contributed by atoms with Crippen molar-refractivity contribution in [2.45, 2.75) is 25.0 Å². The summed E-state index contributed by atoms with van der Waals surface area (Å²) in [4.78, 5) is 42.6. The first-order chi connectivity index (χ1) is 17.4. The standard InChI is InChI=1S/C24H25N7O5/c1-25-16-12-18(26-15-5-4-9-31(24(15)34)13-8-10-30(2)19(32)11-13)28-21-20(16)29-36-22(21)23(33)27-14-6-7-17(14)35-3/h4-5,8-12,14,17,25H,6-7H2,1-3H3,(H,26,28)(H,27,33)/t14-,17-/m1/s1. The van der Waals surface area contributed by atoms with E-state index in [4.69, 9.17) is 9.26 Å². The predicted octanol–water partition coefficient (Wildman–Crippen LogP) is 1.76. The number of nitrogens with one attached hydrogen (secondary N) is 3. The first-order valence-electron chi connectivity index (χ1n) is 11.4. The van der Waals surface area contributed by atoms with Gasteiger partial charge in [-0.25, -0.2) is 4.98 Å². The van der Waals surface area contributed by atoms with Gasteiger partial charge in [0, 0.05) is 45.7 Å². The molecule has 0 bridgehead atoms. The second-order valence-corrected chi connectivity index (χ2v) is 8.50. The average molecular weight is 492 g/mol. The molecular weight excluding hydrogens is 466 g/mol. The molecule has 4 aromatic rings. The van der Waals surface area contributed by atoms with Crippen molar-refractivity contribution in [2.75, 3.05) is 24.8 Å². The van der Waals surface area contributed by atoms with Crippen LogP contribution in [-0.2, 0) is 11.8 Å². The zero-order valence-electron chi connectivity index (χ0n) is 19.9. The summed E-state index contributed by atoms with van der Waals surface area (Å²) >= 11 is 0. The molecule has 4 heterocycles. The van der Waals surface area contributed by atoms with E-state index in [9.17, 15) is 14.4 Å². The Bertz CT molecular complexity index is 1570. The van der Waals surface area contributed by atoms with Crippen molar-refractivity contribution in [3.05, 3.63) is 69.2 Å². The molecule has 12 nitrogen and oxygen atoms in total. The van der Waals surface area contributed by atoms with E-state index < -0.39 is 5.91 Å². The Balaban J connectivity index is 1.49. The zero-order chi connectivity index (χ0) is 25.4. The van der Waals surface area contributed by atoms with Gasteiger partial charge in [0.05, 0.1) is 23.5 Å². The molecule has 4 aromatic heterocycles. The summed E-state index contributed by atoms with van der Waals surface area (Å²) in [6.07, 6.45) is 4.82. The van der Waals surface area contributed by atoms with E-state index in [1.807, 2.05) is 0 Å². The smallest absolute Gasteiger partial charge is 0.292 e. The van der Waals surface area contributed by atoms with Crippen molar-refractivity contribution in [3.63, 3.8) is 0 Å². The van der Waals surface area contributed by atoms with E-state index in [-0.39, 0.29) is 40.2 Å². The van der Waals surface area contributed by atoms with Crippen LogP contribution in [0, 0.1) is 0 Å². The van der Waals surface area contributed by atoms with Gasteiger partial charge in [0.1, 0.15) is 17.0 Å². The van der Waals surface area contributed by atoms with Crippen LogP contribution >= 0.6 is 0 Å². The molecule has 1 aliphatic rings. The molecule has 0 aliphatic heterocycles. The number of methoxy groups -OCH3 is 1. The molecule has 1 fully saturated rings. The van der Waals surface area contributed by atoms with Crippen LogP contribution in [0.15, 0.2) is 56.8 Å². The van der Waals surface area contributed by atoms with E-state index in [0.717, 1.165) is 12.8 Å². The van der Waals surface area contributed by atoms with Gasteiger partial charge in [-0.15, -0.1) is 0 Å². The molecular formula is C24H25N7O5. The minimum absolute atomic E-state index is 0.0301. The highest BCUT2D eigenvalue weighted by molar-refractivity contribution is 6.05. The predicted molar refractivity (Wildman–Crippen MR) is 133 cm³/mol. The lowest BCUT2D eigenvalue weighted by Crippen LogP contribution is -2.51. The Morgan fingerprint density at radius 1 is 1.14 bits per heavy atom. The molecule has 1 aliphatic carbocycles. The Hall–Kier alpha value is -4.45. The van der Waals surface area contributed by atoms with Crippen LogP contribution in [0.4, 0.5) is 17.2 Å². The van der Waals surface area contributed by atoms with Crippen LogP contribution in [-0.4, -0.2) is 51.5 Å². The summed E-state index contributed by atoms with van der Waals surface area (Å²) in [5.41, 5.74) is 1.25. The third-order valence-electron chi connectivity index (χ3n) is 6.32. The third kappa shape index (κ3) is 4.11. The van der Waals surface area contributed by atoms with E-state index in [2.05, 4.69) is 26.1 Å². The maximum absolute atomic E-state index is 13.2. The van der Waals surface area contributed by atoms with Crippen LogP contribution in [0.3, 0.4) is 0 Å². The van der Waals surface area contributed by atoms with Crippen LogP contribution in [0.25, 0.3) is 16.7 Å². The van der Waals surface area contributed by atoms with Crippen molar-refractivity contribution in [1.82, 2.24) is 24.6 Å². The lowest BCUT2D eigenvalue weighted by Gasteiger charge is -2.35. The fourth-order valence-electron chi connectivity index (χ4n) is 4.10. The van der Waals surface area contributed by atoms with Gasteiger partial charge >= 0.3 is 0 Å². The number of ether oxygens (including phenoxy) is 1. The average Bonchev–Trinajstić information content (AvgIpc) is 3.29. The summed E-state index contributed by atoms with van der Waals surface area (Å²) in [6, 6.07) is 7.90. The molecule has 1 amide bonds. The maximum Gasteiger partial charge on any atom is 0.292 e. The normalized spacial score (nSPS) is 17.0. The molecule has 12 heteroatoms. The number of carbonyl (C=O) groups is 1. The summed E-state index contributed by atoms with van der Waals surface area (Å²) in [7, 11) is 4.95. The van der Waals surface area contributed by atoms with Gasteiger partial charge < -0.3 is 29.8 Å². The van der Waals surface area contributed by atoms with Crippen LogP contribution in [0.2, 0.25) is 0 Å². The molecule has 2 atom stereocenters. The summed E-state index contributed by atoms with van der Waals surface area (Å²) < 4.78 is 13.5. The molecule has 1 saturated carbocycles. The van der Waals surface area contributed by atoms with Gasteiger partial charge in [-0.05, 0) is 31.0 Å². The highest BCUT2D eigenvalue weighted by atomic mass is 16.5. The summed E-state index contributed by atoms with van der Waals surface area (Å²) in [5.74, 6) is -0.164. The first-order valence-corrected chi connectivity index (χ1v) is 11.4. The monoisotopic (exact) mass is 491 g/mol. The van der Waals surface area contributed by atoms with Crippen LogP contribution in [0.1, 0.15) is 23.4 Å². The summed E-state index contributed by atoms with van der Waals surface area (Å²) in [6.45, 7) is 0. The fourth-order valence-corrected chi connectivity index (χ4v) is 4.10. The number of anilines is 3. The molecule has 186 valence electrons. The minimum atomic E-state index is -0.441. The number of aryl methyl sites for hydroxylation is 1. The number of aromatic nitrogens is 4. The number of hydrogen-bond donors (Lipinski definition) is 3. The summed E-state index contributed by atoms with van der Waals surface area (Å²) in [5, 5.41) is 13.0. The highest BCUT2D eigenvalue weighted by Gasteiger charge is 2.34. The highest BCUT2D eigenvalue weighted by Crippen LogP contribution is 2.29. The fraction of sp³-hybridized carbons (Fsp3) is 0.292. The minimum Gasteiger partial charge on any atom is -0.386 e. The number of hydrogen-bond acceptors (Lipinski definition) is 9. The topological polar surface area (TPSA) is 145 Å². The third-order valence-corrected chi connectivity index (χ3v) is 6.32. The Morgan fingerprint density at radius 3 is 2.67 bits per heavy atom. The van der Waals surface area contributed by atoms with Gasteiger partial charge in [-0.3, -0.25) is 19.0 Å². The van der Waals surface area contributed by atoms with Crippen molar-refractivity contribution < 1.29 is 14.1 Å². The number of pyridine rings is 3. The molecule has 0 spiro atoms. The number of fused-ring (bicyclic) bond motifs is 1. The van der Waals surface area contributed by atoms with Gasteiger partial charge in [0.2, 0.25) is 5.76 Å². The second kappa shape index (κ2) is 9.30. The second-order valence-electron chi connectivity index (χ2n) is 8.50. The first kappa shape index (κ1) is 23.3. The largest absolute Gasteiger partial charge is 0.386 e. The van der Waals surface area contributed by atoms with E-state index in [1.165, 1.54) is 15.2 Å². The molecule has 0 radical (unpaired) electrons. The lowest BCUT2D eigenvalue weighted by molar-refractivity contribution is 0.00678. The van der Waals surface area contributed by atoms with E-state index in [0.29, 0.717) is 22.7 Å². The lowest BCUT2D eigenvalue weighted by atomic mass is 9.89. The number of amides is 1. The Labute approximate surface area is 204 Å². The zero-order valence-corrected chi connectivity index (χ0v) is 19.9. The number of carbonyl (C=O) groups excluding carboxylic acids is 1. The van der Waals surface area contributed by atoms with E-state index in [1.54, 1.807) is 57.9 Å². The molecule has 3 N–H and O–H groups in total. The number of nitrogens with zero attached hydrogens (tertiary/aromatic N) is 4. The van der Waals surface area contributed by atoms with Gasteiger partial charge in [0.15, 0.2) is 5.52 Å². The van der Waals surface area contributed by atoms with Gasteiger partial charge in [-0.2, -0.15) is 0 Å².